The lowest BCUT2D eigenvalue weighted by atomic mass is 10.2. The lowest BCUT2D eigenvalue weighted by molar-refractivity contribution is 0.517. The minimum Gasteiger partial charge on any atom is -0.422 e. The van der Waals surface area contributed by atoms with Crippen LogP contribution in [0.1, 0.15) is 12.0 Å². The largest absolute Gasteiger partial charge is 0.422 e. The molecule has 0 aliphatic carbocycles. The molecule has 0 aromatic carbocycles. The van der Waals surface area contributed by atoms with Crippen LogP contribution in [-0.4, -0.2) is 14.3 Å². The normalized spacial score (nSPS) is 11.1. The van der Waals surface area contributed by atoms with Gasteiger partial charge in [0.25, 0.3) is 5.56 Å². The fraction of sp³-hybridized carbons (Fsp3) is 0.267. The van der Waals surface area contributed by atoms with Crippen molar-refractivity contribution < 1.29 is 4.42 Å². The molecule has 0 aliphatic rings. The minimum absolute atomic E-state index is 0.130. The van der Waals surface area contributed by atoms with Gasteiger partial charge >= 0.3 is 5.63 Å². The first-order chi connectivity index (χ1) is 10.1. The van der Waals surface area contributed by atoms with Gasteiger partial charge < -0.3 is 8.98 Å². The second-order valence-corrected chi connectivity index (χ2v) is 4.92. The smallest absolute Gasteiger partial charge is 0.336 e. The predicted molar refractivity (Wildman–Crippen MR) is 78.3 cm³/mol. The Balaban J connectivity index is 1.88. The minimum atomic E-state index is -0.434. The average Bonchev–Trinajstić information content (AvgIpc) is 2.94. The fourth-order valence-electron chi connectivity index (χ4n) is 2.40. The zero-order valence-corrected chi connectivity index (χ0v) is 11.7. The Kier molecular flexibility index (Phi) is 3.43. The molecular formula is C15H15N3O3. The summed E-state index contributed by atoms with van der Waals surface area (Å²) in [5.74, 6) is 0. The molecule has 0 fully saturated rings. The summed E-state index contributed by atoms with van der Waals surface area (Å²) in [6, 6.07) is 4.88. The van der Waals surface area contributed by atoms with Crippen LogP contribution in [0, 0.1) is 6.92 Å². The molecule has 108 valence electrons. The van der Waals surface area contributed by atoms with Crippen molar-refractivity contribution in [1.29, 1.82) is 0 Å². The Morgan fingerprint density at radius 2 is 2.10 bits per heavy atom. The number of aromatic nitrogens is 3. The van der Waals surface area contributed by atoms with Gasteiger partial charge in [0.15, 0.2) is 0 Å². The van der Waals surface area contributed by atoms with Crippen LogP contribution in [0.5, 0.6) is 0 Å². The number of fused-ring (bicyclic) bond motifs is 1. The molecule has 3 aromatic heterocycles. The molecule has 21 heavy (non-hydrogen) atoms. The monoisotopic (exact) mass is 285 g/mol. The van der Waals surface area contributed by atoms with E-state index in [0.717, 1.165) is 13.0 Å². The van der Waals surface area contributed by atoms with E-state index in [2.05, 4.69) is 5.10 Å². The van der Waals surface area contributed by atoms with E-state index in [4.69, 9.17) is 4.42 Å². The summed E-state index contributed by atoms with van der Waals surface area (Å²) in [4.78, 5) is 23.8. The van der Waals surface area contributed by atoms with Crippen molar-refractivity contribution >= 4 is 11.0 Å². The van der Waals surface area contributed by atoms with Crippen molar-refractivity contribution in [2.45, 2.75) is 26.4 Å². The highest BCUT2D eigenvalue weighted by molar-refractivity contribution is 5.78. The summed E-state index contributed by atoms with van der Waals surface area (Å²) >= 11 is 0. The van der Waals surface area contributed by atoms with Gasteiger partial charge in [-0.3, -0.25) is 9.48 Å². The second-order valence-electron chi connectivity index (χ2n) is 4.92. The molecule has 6 heteroatoms. The maximum atomic E-state index is 12.4. The SMILES string of the molecule is Cc1cc(=O)oc2ccn(CCCn3cccn3)c(=O)c12. The molecular weight excluding hydrogens is 270 g/mol. The maximum absolute atomic E-state index is 12.4. The van der Waals surface area contributed by atoms with E-state index in [1.807, 2.05) is 16.9 Å². The molecule has 0 amide bonds. The van der Waals surface area contributed by atoms with Crippen LogP contribution in [0.15, 0.2) is 50.8 Å². The van der Waals surface area contributed by atoms with Gasteiger partial charge in [-0.2, -0.15) is 5.10 Å². The highest BCUT2D eigenvalue weighted by atomic mass is 16.4. The summed E-state index contributed by atoms with van der Waals surface area (Å²) < 4.78 is 8.53. The van der Waals surface area contributed by atoms with Crippen molar-refractivity contribution in [2.24, 2.45) is 0 Å². The van der Waals surface area contributed by atoms with Gasteiger partial charge in [-0.05, 0) is 31.0 Å². The van der Waals surface area contributed by atoms with Crippen LogP contribution in [0.2, 0.25) is 0 Å². The first kappa shape index (κ1) is 13.4. The van der Waals surface area contributed by atoms with Crippen molar-refractivity contribution in [3.63, 3.8) is 0 Å². The van der Waals surface area contributed by atoms with Crippen molar-refractivity contribution in [1.82, 2.24) is 14.3 Å². The number of hydrogen-bond donors (Lipinski definition) is 0. The highest BCUT2D eigenvalue weighted by Crippen LogP contribution is 2.11. The predicted octanol–water partition coefficient (Wildman–Crippen LogP) is 1.55. The topological polar surface area (TPSA) is 70.0 Å². The molecule has 0 N–H and O–H groups in total. The van der Waals surface area contributed by atoms with Crippen LogP contribution >= 0.6 is 0 Å². The van der Waals surface area contributed by atoms with Gasteiger partial charge in [-0.25, -0.2) is 4.79 Å². The Labute approximate surface area is 120 Å². The Morgan fingerprint density at radius 1 is 1.24 bits per heavy atom. The summed E-state index contributed by atoms with van der Waals surface area (Å²) in [7, 11) is 0. The summed E-state index contributed by atoms with van der Waals surface area (Å²) in [6.07, 6.45) is 6.08. The van der Waals surface area contributed by atoms with Gasteiger partial charge in [-0.15, -0.1) is 0 Å². The quantitative estimate of drug-likeness (QED) is 0.729. The van der Waals surface area contributed by atoms with Crippen LogP contribution in [0.3, 0.4) is 0 Å². The van der Waals surface area contributed by atoms with Gasteiger partial charge in [0.1, 0.15) is 5.58 Å². The van der Waals surface area contributed by atoms with Crippen LogP contribution < -0.4 is 11.2 Å². The van der Waals surface area contributed by atoms with Crippen LogP contribution in [0.4, 0.5) is 0 Å². The Morgan fingerprint density at radius 3 is 2.86 bits per heavy atom. The molecule has 3 heterocycles. The van der Waals surface area contributed by atoms with E-state index in [0.29, 0.717) is 23.1 Å². The zero-order chi connectivity index (χ0) is 14.8. The van der Waals surface area contributed by atoms with Crippen molar-refractivity contribution in [2.75, 3.05) is 0 Å². The number of pyridine rings is 1. The van der Waals surface area contributed by atoms with Gasteiger partial charge in [0.05, 0.1) is 5.39 Å². The Hall–Kier alpha value is -2.63. The van der Waals surface area contributed by atoms with E-state index in [9.17, 15) is 9.59 Å². The first-order valence-corrected chi connectivity index (χ1v) is 6.76. The third-order valence-electron chi connectivity index (χ3n) is 3.41. The van der Waals surface area contributed by atoms with Crippen LogP contribution in [-0.2, 0) is 13.1 Å². The lowest BCUT2D eigenvalue weighted by Crippen LogP contribution is -2.21. The molecule has 0 aliphatic heterocycles. The van der Waals surface area contributed by atoms with Crippen molar-refractivity contribution in [3.8, 4) is 0 Å². The molecule has 3 rings (SSSR count). The number of aryl methyl sites for hydroxylation is 3. The highest BCUT2D eigenvalue weighted by Gasteiger charge is 2.08. The average molecular weight is 285 g/mol. The molecule has 0 bridgehead atoms. The van der Waals surface area contributed by atoms with Gasteiger partial charge in [0.2, 0.25) is 0 Å². The molecule has 0 saturated heterocycles. The second kappa shape index (κ2) is 5.40. The molecule has 6 nitrogen and oxygen atoms in total. The van der Waals surface area contributed by atoms with E-state index in [-0.39, 0.29) is 5.56 Å². The molecule has 0 unspecified atom stereocenters. The number of rotatable bonds is 4. The molecule has 3 aromatic rings. The molecule has 0 spiro atoms. The molecule has 0 atom stereocenters. The summed E-state index contributed by atoms with van der Waals surface area (Å²) in [5.41, 5.74) is 0.422. The Bertz CT molecular complexity index is 875. The molecule has 0 saturated carbocycles. The van der Waals surface area contributed by atoms with Gasteiger partial charge in [-0.1, -0.05) is 0 Å². The van der Waals surface area contributed by atoms with Gasteiger partial charge in [0, 0.05) is 37.7 Å². The van der Waals surface area contributed by atoms with Crippen molar-refractivity contribution in [3.05, 3.63) is 63.1 Å². The first-order valence-electron chi connectivity index (χ1n) is 6.76. The fourth-order valence-corrected chi connectivity index (χ4v) is 2.40. The summed E-state index contributed by atoms with van der Waals surface area (Å²) in [5, 5.41) is 4.59. The van der Waals surface area contributed by atoms with E-state index in [1.54, 1.807) is 30.0 Å². The lowest BCUT2D eigenvalue weighted by Gasteiger charge is -2.08. The van der Waals surface area contributed by atoms with E-state index >= 15 is 0 Å². The summed E-state index contributed by atoms with van der Waals surface area (Å²) in [6.45, 7) is 3.09. The number of nitrogens with zero attached hydrogens (tertiary/aromatic N) is 3. The maximum Gasteiger partial charge on any atom is 0.336 e. The third kappa shape index (κ3) is 2.65. The third-order valence-corrected chi connectivity index (χ3v) is 3.41. The van der Waals surface area contributed by atoms with Crippen LogP contribution in [0.25, 0.3) is 11.0 Å². The number of hydrogen-bond acceptors (Lipinski definition) is 4. The standard InChI is InChI=1S/C15H15N3O3/c1-11-10-13(19)21-12-4-9-17(15(20)14(11)12)6-3-8-18-7-2-5-16-18/h2,4-5,7,9-10H,3,6,8H2,1H3. The zero-order valence-electron chi connectivity index (χ0n) is 11.7. The van der Waals surface area contributed by atoms with E-state index in [1.165, 1.54) is 6.07 Å². The molecule has 0 radical (unpaired) electrons. The van der Waals surface area contributed by atoms with E-state index < -0.39 is 5.63 Å².